The first-order valence-corrected chi connectivity index (χ1v) is 6.11. The van der Waals surface area contributed by atoms with Crippen LogP contribution < -0.4 is 0 Å². The fourth-order valence-electron chi connectivity index (χ4n) is 1.29. The lowest BCUT2D eigenvalue weighted by molar-refractivity contribution is -0.131. The molecule has 0 radical (unpaired) electrons. The second-order valence-electron chi connectivity index (χ2n) is 4.14. The molecule has 0 amide bonds. The number of unbranched alkanes of at least 4 members (excludes halogenated alkanes) is 1. The summed E-state index contributed by atoms with van der Waals surface area (Å²) in [5.74, 6) is -1.01. The SMILES string of the molecule is CC(O)CCC/C=C/CC(O)/C=C/C=C/C(=O)O. The van der Waals surface area contributed by atoms with Crippen molar-refractivity contribution in [3.05, 3.63) is 36.5 Å². The van der Waals surface area contributed by atoms with Crippen molar-refractivity contribution in [1.29, 1.82) is 0 Å². The van der Waals surface area contributed by atoms with E-state index in [-0.39, 0.29) is 6.10 Å². The predicted octanol–water partition coefficient (Wildman–Crippen LogP) is 2.04. The molecule has 4 heteroatoms. The smallest absolute Gasteiger partial charge is 0.328 e. The summed E-state index contributed by atoms with van der Waals surface area (Å²) in [5, 5.41) is 26.9. The highest BCUT2D eigenvalue weighted by atomic mass is 16.4. The van der Waals surface area contributed by atoms with Crippen LogP contribution in [0.25, 0.3) is 0 Å². The molecule has 0 rings (SSSR count). The molecule has 102 valence electrons. The van der Waals surface area contributed by atoms with Crippen molar-refractivity contribution >= 4 is 5.97 Å². The minimum atomic E-state index is -1.01. The van der Waals surface area contributed by atoms with E-state index in [9.17, 15) is 9.90 Å². The number of hydrogen-bond donors (Lipinski definition) is 3. The maximum Gasteiger partial charge on any atom is 0.328 e. The molecule has 0 aliphatic heterocycles. The average molecular weight is 254 g/mol. The van der Waals surface area contributed by atoms with Gasteiger partial charge in [0.05, 0.1) is 12.2 Å². The number of aliphatic hydroxyl groups is 2. The van der Waals surface area contributed by atoms with Crippen LogP contribution in [0.2, 0.25) is 0 Å². The van der Waals surface area contributed by atoms with E-state index in [1.807, 2.05) is 12.2 Å². The number of carbonyl (C=O) groups is 1. The van der Waals surface area contributed by atoms with Gasteiger partial charge in [-0.1, -0.05) is 30.4 Å². The molecule has 0 fully saturated rings. The first kappa shape index (κ1) is 16.6. The number of aliphatic hydroxyl groups excluding tert-OH is 2. The normalized spacial score (nSPS) is 15.7. The zero-order chi connectivity index (χ0) is 13.8. The quantitative estimate of drug-likeness (QED) is 0.255. The van der Waals surface area contributed by atoms with Crippen LogP contribution in [-0.4, -0.2) is 33.5 Å². The maximum absolute atomic E-state index is 10.2. The van der Waals surface area contributed by atoms with Crippen LogP contribution in [0.4, 0.5) is 0 Å². The molecule has 0 aromatic rings. The van der Waals surface area contributed by atoms with Crippen LogP contribution in [0, 0.1) is 0 Å². The van der Waals surface area contributed by atoms with Gasteiger partial charge in [0.1, 0.15) is 0 Å². The highest BCUT2D eigenvalue weighted by Gasteiger charge is 1.95. The van der Waals surface area contributed by atoms with E-state index in [0.717, 1.165) is 25.3 Å². The second-order valence-corrected chi connectivity index (χ2v) is 4.14. The summed E-state index contributed by atoms with van der Waals surface area (Å²) >= 11 is 0. The minimum absolute atomic E-state index is 0.257. The molecular weight excluding hydrogens is 232 g/mol. The minimum Gasteiger partial charge on any atom is -0.478 e. The molecule has 3 N–H and O–H groups in total. The van der Waals surface area contributed by atoms with Gasteiger partial charge in [0.2, 0.25) is 0 Å². The number of rotatable bonds is 9. The molecule has 0 saturated carbocycles. The van der Waals surface area contributed by atoms with Crippen LogP contribution in [-0.2, 0) is 4.79 Å². The van der Waals surface area contributed by atoms with E-state index in [1.165, 1.54) is 12.2 Å². The number of carboxylic acid groups (broad SMARTS) is 1. The zero-order valence-electron chi connectivity index (χ0n) is 10.7. The van der Waals surface area contributed by atoms with Crippen molar-refractivity contribution in [2.45, 2.75) is 44.8 Å². The van der Waals surface area contributed by atoms with E-state index in [0.29, 0.717) is 6.42 Å². The van der Waals surface area contributed by atoms with Crippen molar-refractivity contribution < 1.29 is 20.1 Å². The summed E-state index contributed by atoms with van der Waals surface area (Å²) in [7, 11) is 0. The number of allylic oxidation sites excluding steroid dienone is 3. The molecule has 2 atom stereocenters. The first-order valence-electron chi connectivity index (χ1n) is 6.11. The molecule has 0 heterocycles. The third kappa shape index (κ3) is 12.7. The average Bonchev–Trinajstić information content (AvgIpc) is 2.28. The summed E-state index contributed by atoms with van der Waals surface area (Å²) in [6.45, 7) is 1.77. The van der Waals surface area contributed by atoms with Gasteiger partial charge in [0.25, 0.3) is 0 Å². The largest absolute Gasteiger partial charge is 0.478 e. The lowest BCUT2D eigenvalue weighted by Crippen LogP contribution is -1.99. The van der Waals surface area contributed by atoms with Gasteiger partial charge in [-0.25, -0.2) is 4.79 Å². The van der Waals surface area contributed by atoms with Gasteiger partial charge in [-0.15, -0.1) is 0 Å². The summed E-state index contributed by atoms with van der Waals surface area (Å²) in [4.78, 5) is 10.2. The molecule has 0 saturated heterocycles. The Bertz CT molecular complexity index is 303. The lowest BCUT2D eigenvalue weighted by atomic mass is 10.1. The Labute approximate surface area is 108 Å². The Hall–Kier alpha value is -1.39. The number of hydrogen-bond acceptors (Lipinski definition) is 3. The molecule has 0 spiro atoms. The van der Waals surface area contributed by atoms with Crippen LogP contribution in [0.15, 0.2) is 36.5 Å². The topological polar surface area (TPSA) is 77.8 Å². The van der Waals surface area contributed by atoms with E-state index >= 15 is 0 Å². The number of carboxylic acids is 1. The van der Waals surface area contributed by atoms with Crippen molar-refractivity contribution in [1.82, 2.24) is 0 Å². The molecule has 0 aromatic heterocycles. The van der Waals surface area contributed by atoms with Crippen molar-refractivity contribution in [3.63, 3.8) is 0 Å². The van der Waals surface area contributed by atoms with Gasteiger partial charge < -0.3 is 15.3 Å². The van der Waals surface area contributed by atoms with Gasteiger partial charge in [0, 0.05) is 6.08 Å². The van der Waals surface area contributed by atoms with E-state index in [2.05, 4.69) is 0 Å². The van der Waals surface area contributed by atoms with E-state index in [4.69, 9.17) is 10.2 Å². The summed E-state index contributed by atoms with van der Waals surface area (Å²) in [6, 6.07) is 0. The zero-order valence-corrected chi connectivity index (χ0v) is 10.7. The standard InChI is InChI=1S/C14H22O4/c1-12(15)8-4-2-3-5-9-13(16)10-6-7-11-14(17)18/h3,5-7,10-13,15-16H,2,4,8-9H2,1H3,(H,17,18)/b5-3+,10-6+,11-7+. The molecule has 18 heavy (non-hydrogen) atoms. The molecule has 0 aliphatic carbocycles. The van der Waals surface area contributed by atoms with Crippen molar-refractivity contribution in [2.24, 2.45) is 0 Å². The van der Waals surface area contributed by atoms with E-state index < -0.39 is 12.1 Å². The monoisotopic (exact) mass is 254 g/mol. The number of aliphatic carboxylic acids is 1. The third-order valence-electron chi connectivity index (χ3n) is 2.22. The van der Waals surface area contributed by atoms with E-state index in [1.54, 1.807) is 13.0 Å². The Morgan fingerprint density at radius 2 is 1.94 bits per heavy atom. The Morgan fingerprint density at radius 1 is 1.22 bits per heavy atom. The van der Waals surface area contributed by atoms with Gasteiger partial charge in [0.15, 0.2) is 0 Å². The van der Waals surface area contributed by atoms with Gasteiger partial charge in [-0.05, 0) is 32.6 Å². The van der Waals surface area contributed by atoms with Crippen molar-refractivity contribution in [2.75, 3.05) is 0 Å². The lowest BCUT2D eigenvalue weighted by Gasteiger charge is -2.01. The molecule has 4 nitrogen and oxygen atoms in total. The van der Waals surface area contributed by atoms with Gasteiger partial charge >= 0.3 is 5.97 Å². The van der Waals surface area contributed by atoms with Crippen LogP contribution in [0.5, 0.6) is 0 Å². The van der Waals surface area contributed by atoms with Crippen LogP contribution in [0.1, 0.15) is 32.6 Å². The Morgan fingerprint density at radius 3 is 2.56 bits per heavy atom. The highest BCUT2D eigenvalue weighted by Crippen LogP contribution is 2.02. The molecule has 0 aliphatic rings. The fourth-order valence-corrected chi connectivity index (χ4v) is 1.29. The summed E-state index contributed by atoms with van der Waals surface area (Å²) < 4.78 is 0. The molecule has 0 aromatic carbocycles. The third-order valence-corrected chi connectivity index (χ3v) is 2.22. The molecule has 2 unspecified atom stereocenters. The summed E-state index contributed by atoms with van der Waals surface area (Å²) in [6.07, 6.45) is 11.6. The molecule has 0 bridgehead atoms. The first-order chi connectivity index (χ1) is 8.52. The van der Waals surface area contributed by atoms with Crippen LogP contribution in [0.3, 0.4) is 0 Å². The predicted molar refractivity (Wildman–Crippen MR) is 71.2 cm³/mol. The molecular formula is C14H22O4. The Kier molecular flexibility index (Phi) is 9.91. The highest BCUT2D eigenvalue weighted by molar-refractivity contribution is 5.80. The van der Waals surface area contributed by atoms with Gasteiger partial charge in [-0.2, -0.15) is 0 Å². The maximum atomic E-state index is 10.2. The second kappa shape index (κ2) is 10.7. The summed E-state index contributed by atoms with van der Waals surface area (Å²) in [5.41, 5.74) is 0. The fraction of sp³-hybridized carbons (Fsp3) is 0.500. The van der Waals surface area contributed by atoms with Crippen molar-refractivity contribution in [3.8, 4) is 0 Å². The Balaban J connectivity index is 3.66. The van der Waals surface area contributed by atoms with Gasteiger partial charge in [-0.3, -0.25) is 0 Å². The van der Waals surface area contributed by atoms with Crippen LogP contribution >= 0.6 is 0 Å².